The van der Waals surface area contributed by atoms with Gasteiger partial charge in [-0.25, -0.2) is 0 Å². The van der Waals surface area contributed by atoms with E-state index in [2.05, 4.69) is 43.8 Å². The second kappa shape index (κ2) is 7.09. The largest absolute Gasteiger partial charge is 0.466 e. The Kier molecular flexibility index (Phi) is 5.45. The van der Waals surface area contributed by atoms with E-state index in [9.17, 15) is 4.79 Å². The number of halogens is 1. The minimum absolute atomic E-state index is 0.0658. The van der Waals surface area contributed by atoms with Gasteiger partial charge in [-0.3, -0.25) is 4.79 Å². The Balaban J connectivity index is 2.15. The first-order valence-corrected chi connectivity index (χ1v) is 7.70. The first-order chi connectivity index (χ1) is 9.26. The summed E-state index contributed by atoms with van der Waals surface area (Å²) in [7, 11) is 0. The fourth-order valence-corrected chi connectivity index (χ4v) is 2.85. The Morgan fingerprint density at radius 1 is 1.47 bits per heavy atom. The van der Waals surface area contributed by atoms with Crippen molar-refractivity contribution in [3.8, 4) is 0 Å². The van der Waals surface area contributed by atoms with Crippen molar-refractivity contribution in [2.75, 3.05) is 16.7 Å². The predicted molar refractivity (Wildman–Crippen MR) is 84.2 cm³/mol. The molecule has 2 N–H and O–H groups in total. The molecule has 0 bridgehead atoms. The summed E-state index contributed by atoms with van der Waals surface area (Å²) in [6.45, 7) is 3.25. The van der Waals surface area contributed by atoms with E-state index < -0.39 is 0 Å². The van der Waals surface area contributed by atoms with Gasteiger partial charge in [-0.2, -0.15) is 0 Å². The van der Waals surface area contributed by atoms with Gasteiger partial charge >= 0.3 is 5.97 Å². The Morgan fingerprint density at radius 3 is 2.84 bits per heavy atom. The Morgan fingerprint density at radius 2 is 2.21 bits per heavy atom. The van der Waals surface area contributed by atoms with Crippen molar-refractivity contribution in [2.24, 2.45) is 5.92 Å². The molecule has 4 nitrogen and oxygen atoms in total. The zero-order valence-corrected chi connectivity index (χ0v) is 13.1. The monoisotopic (exact) mass is 374 g/mol. The Hall–Kier alpha value is -0.820. The zero-order valence-electron chi connectivity index (χ0n) is 11.0. The van der Waals surface area contributed by atoms with Crippen LogP contribution in [0.2, 0.25) is 0 Å². The van der Waals surface area contributed by atoms with Gasteiger partial charge in [-0.05, 0) is 44.0 Å². The molecule has 0 amide bonds. The van der Waals surface area contributed by atoms with E-state index in [-0.39, 0.29) is 17.9 Å². The van der Waals surface area contributed by atoms with E-state index in [0.717, 1.165) is 30.6 Å². The second-order valence-corrected chi connectivity index (χ2v) is 5.19. The third-order valence-corrected chi connectivity index (χ3v) is 4.05. The summed E-state index contributed by atoms with van der Waals surface area (Å²) in [6, 6.07) is 8.25. The molecule has 0 radical (unpaired) electrons. The number of ether oxygens (including phenoxy) is 1. The topological polar surface area (TPSA) is 50.4 Å². The number of benzene rings is 1. The molecule has 19 heavy (non-hydrogen) atoms. The van der Waals surface area contributed by atoms with Crippen LogP contribution < -0.4 is 8.85 Å². The van der Waals surface area contributed by atoms with Gasteiger partial charge in [0.05, 0.1) is 35.4 Å². The van der Waals surface area contributed by atoms with Crippen LogP contribution in [0, 0.1) is 5.92 Å². The number of rotatable bonds is 4. The average molecular weight is 374 g/mol. The van der Waals surface area contributed by atoms with Crippen molar-refractivity contribution in [2.45, 2.75) is 25.8 Å². The molecule has 104 valence electrons. The van der Waals surface area contributed by atoms with Gasteiger partial charge in [-0.15, -0.1) is 0 Å². The van der Waals surface area contributed by atoms with Gasteiger partial charge in [-0.1, -0.05) is 12.1 Å². The van der Waals surface area contributed by atoms with Crippen LogP contribution in [-0.2, 0) is 9.53 Å². The maximum Gasteiger partial charge on any atom is 0.310 e. The number of hydrogen-bond donors (Lipinski definition) is 2. The molecule has 2 rings (SSSR count). The van der Waals surface area contributed by atoms with E-state index in [1.165, 1.54) is 0 Å². The van der Waals surface area contributed by atoms with Crippen molar-refractivity contribution in [1.29, 1.82) is 0 Å². The fraction of sp³-hybridized carbons (Fsp3) is 0.500. The molecular weight excluding hydrogens is 355 g/mol. The van der Waals surface area contributed by atoms with Crippen LogP contribution in [0.25, 0.3) is 0 Å². The standard InChI is InChI=1S/C14H19IN2O2/c1-2-19-14(18)12-4-3-9-16-13(12)10-5-7-11(17-15)8-6-10/h5-8,12-13,16-17H,2-4,9H2,1H3. The molecule has 0 saturated carbocycles. The Bertz CT molecular complexity index is 422. The quantitative estimate of drug-likeness (QED) is 0.483. The van der Waals surface area contributed by atoms with Gasteiger partial charge in [0.25, 0.3) is 0 Å². The molecule has 0 spiro atoms. The van der Waals surface area contributed by atoms with Gasteiger partial charge in [0, 0.05) is 11.7 Å². The van der Waals surface area contributed by atoms with Gasteiger partial charge < -0.3 is 13.6 Å². The van der Waals surface area contributed by atoms with E-state index >= 15 is 0 Å². The van der Waals surface area contributed by atoms with Crippen LogP contribution in [0.15, 0.2) is 24.3 Å². The first-order valence-electron chi connectivity index (χ1n) is 6.63. The van der Waals surface area contributed by atoms with Crippen LogP contribution in [-0.4, -0.2) is 19.1 Å². The number of esters is 1. The number of carbonyl (C=O) groups excluding carboxylic acids is 1. The highest BCUT2D eigenvalue weighted by Gasteiger charge is 2.32. The molecule has 1 aliphatic rings. The van der Waals surface area contributed by atoms with Crippen LogP contribution in [0.1, 0.15) is 31.4 Å². The van der Waals surface area contributed by atoms with E-state index in [1.807, 2.05) is 19.1 Å². The summed E-state index contributed by atoms with van der Waals surface area (Å²) in [5.41, 5.74) is 2.21. The third kappa shape index (κ3) is 3.60. The maximum atomic E-state index is 12.0. The SMILES string of the molecule is CCOC(=O)C1CCCNC1c1ccc(NI)cc1. The number of carbonyl (C=O) groups is 1. The molecule has 1 aromatic rings. The van der Waals surface area contributed by atoms with E-state index in [4.69, 9.17) is 4.74 Å². The lowest BCUT2D eigenvalue weighted by Gasteiger charge is -2.31. The van der Waals surface area contributed by atoms with E-state index in [0.29, 0.717) is 6.61 Å². The smallest absolute Gasteiger partial charge is 0.310 e. The van der Waals surface area contributed by atoms with Gasteiger partial charge in [0.1, 0.15) is 0 Å². The van der Waals surface area contributed by atoms with Crippen molar-refractivity contribution < 1.29 is 9.53 Å². The minimum Gasteiger partial charge on any atom is -0.466 e. The Labute approximate surface area is 127 Å². The molecule has 1 saturated heterocycles. The molecule has 1 heterocycles. The maximum absolute atomic E-state index is 12.0. The highest BCUT2D eigenvalue weighted by molar-refractivity contribution is 14.1. The zero-order chi connectivity index (χ0) is 13.7. The third-order valence-electron chi connectivity index (χ3n) is 3.43. The normalized spacial score (nSPS) is 22.8. The summed E-state index contributed by atoms with van der Waals surface area (Å²) in [6.07, 6.45) is 1.91. The lowest BCUT2D eigenvalue weighted by Crippen LogP contribution is -2.39. The fourth-order valence-electron chi connectivity index (χ4n) is 2.50. The second-order valence-electron chi connectivity index (χ2n) is 4.65. The molecule has 2 unspecified atom stereocenters. The van der Waals surface area contributed by atoms with Gasteiger partial charge in [0.2, 0.25) is 0 Å². The molecule has 1 fully saturated rings. The molecule has 5 heteroatoms. The van der Waals surface area contributed by atoms with Gasteiger partial charge in [0.15, 0.2) is 0 Å². The average Bonchev–Trinajstić information content (AvgIpc) is 2.47. The summed E-state index contributed by atoms with van der Waals surface area (Å²) < 4.78 is 8.25. The lowest BCUT2D eigenvalue weighted by molar-refractivity contribution is -0.150. The summed E-state index contributed by atoms with van der Waals surface area (Å²) in [5, 5.41) is 3.44. The van der Waals surface area contributed by atoms with Crippen LogP contribution in [0.4, 0.5) is 5.69 Å². The summed E-state index contributed by atoms with van der Waals surface area (Å²) in [4.78, 5) is 12.0. The number of hydrogen-bond acceptors (Lipinski definition) is 4. The predicted octanol–water partition coefficient (Wildman–Crippen LogP) is 3.05. The highest BCUT2D eigenvalue weighted by atomic mass is 127. The molecule has 2 atom stereocenters. The van der Waals surface area contributed by atoms with Crippen molar-refractivity contribution >= 4 is 34.5 Å². The summed E-state index contributed by atoms with van der Waals surface area (Å²) >= 11 is 2.11. The molecule has 1 aliphatic heterocycles. The minimum atomic E-state index is -0.0872. The molecule has 0 aromatic heterocycles. The molecular formula is C14H19IN2O2. The number of anilines is 1. The number of piperidine rings is 1. The van der Waals surface area contributed by atoms with Crippen LogP contribution >= 0.6 is 22.9 Å². The summed E-state index contributed by atoms with van der Waals surface area (Å²) in [5.74, 6) is -0.164. The highest BCUT2D eigenvalue weighted by Crippen LogP contribution is 2.31. The van der Waals surface area contributed by atoms with Crippen molar-refractivity contribution in [3.05, 3.63) is 29.8 Å². The molecule has 1 aromatic carbocycles. The molecule has 0 aliphatic carbocycles. The van der Waals surface area contributed by atoms with E-state index in [1.54, 1.807) is 0 Å². The lowest BCUT2D eigenvalue weighted by atomic mass is 9.86. The number of nitrogens with one attached hydrogen (secondary N) is 2. The van der Waals surface area contributed by atoms with Crippen LogP contribution in [0.3, 0.4) is 0 Å². The van der Waals surface area contributed by atoms with Crippen LogP contribution in [0.5, 0.6) is 0 Å². The van der Waals surface area contributed by atoms with Crippen molar-refractivity contribution in [3.63, 3.8) is 0 Å². The first kappa shape index (κ1) is 14.6. The van der Waals surface area contributed by atoms with Crippen molar-refractivity contribution in [1.82, 2.24) is 5.32 Å².